The van der Waals surface area contributed by atoms with Crippen LogP contribution in [0.15, 0.2) is 27.8 Å². The van der Waals surface area contributed by atoms with E-state index in [0.29, 0.717) is 17.9 Å². The van der Waals surface area contributed by atoms with E-state index in [-0.39, 0.29) is 11.6 Å². The molecule has 0 aromatic carbocycles. The minimum Gasteiger partial charge on any atom is -0.468 e. The van der Waals surface area contributed by atoms with Crippen LogP contribution in [0, 0.1) is 6.92 Å². The van der Waals surface area contributed by atoms with Gasteiger partial charge in [-0.15, -0.1) is 0 Å². The van der Waals surface area contributed by atoms with Crippen molar-refractivity contribution in [3.8, 4) is 0 Å². The summed E-state index contributed by atoms with van der Waals surface area (Å²) in [5.74, 6) is 0.550. The molecule has 0 aliphatic rings. The van der Waals surface area contributed by atoms with E-state index >= 15 is 0 Å². The van der Waals surface area contributed by atoms with Gasteiger partial charge in [0.25, 0.3) is 10.0 Å². The van der Waals surface area contributed by atoms with Crippen LogP contribution in [-0.4, -0.2) is 25.2 Å². The van der Waals surface area contributed by atoms with Crippen molar-refractivity contribution in [1.29, 1.82) is 0 Å². The highest BCUT2D eigenvalue weighted by atomic mass is 32.2. The maximum atomic E-state index is 12.3. The Morgan fingerprint density at radius 1 is 1.40 bits per heavy atom. The van der Waals surface area contributed by atoms with E-state index in [1.54, 1.807) is 19.1 Å². The molecule has 0 spiro atoms. The summed E-state index contributed by atoms with van der Waals surface area (Å²) in [6.45, 7) is 5.06. The maximum Gasteiger partial charge on any atom is 0.260 e. The van der Waals surface area contributed by atoms with Crippen molar-refractivity contribution >= 4 is 10.0 Å². The van der Waals surface area contributed by atoms with Gasteiger partial charge in [-0.3, -0.25) is 5.10 Å². The number of nitrogens with one attached hydrogen (secondary N) is 3. The summed E-state index contributed by atoms with van der Waals surface area (Å²) in [6, 6.07) is 3.41. The molecule has 0 saturated heterocycles. The van der Waals surface area contributed by atoms with Gasteiger partial charge in [0.05, 0.1) is 12.8 Å². The van der Waals surface area contributed by atoms with E-state index < -0.39 is 10.0 Å². The molecule has 0 amide bonds. The second-order valence-electron chi connectivity index (χ2n) is 4.32. The predicted octanol–water partition coefficient (Wildman–Crippen LogP) is 0.899. The van der Waals surface area contributed by atoms with E-state index in [2.05, 4.69) is 20.2 Å². The highest BCUT2D eigenvalue weighted by Gasteiger charge is 2.23. The Kier molecular flexibility index (Phi) is 4.58. The number of furan rings is 1. The fourth-order valence-corrected chi connectivity index (χ4v) is 2.94. The zero-order valence-corrected chi connectivity index (χ0v) is 12.3. The zero-order chi connectivity index (χ0) is 14.6. The Labute approximate surface area is 117 Å². The lowest BCUT2D eigenvalue weighted by Crippen LogP contribution is -2.25. The number of H-pyrrole nitrogens is 1. The van der Waals surface area contributed by atoms with Gasteiger partial charge in [0.15, 0.2) is 5.03 Å². The smallest absolute Gasteiger partial charge is 0.260 e. The second kappa shape index (κ2) is 6.21. The van der Waals surface area contributed by atoms with Crippen LogP contribution < -0.4 is 10.0 Å². The molecule has 0 radical (unpaired) electrons. The third kappa shape index (κ3) is 3.27. The molecule has 20 heavy (non-hydrogen) atoms. The summed E-state index contributed by atoms with van der Waals surface area (Å²) in [7, 11) is -3.67. The number of aryl methyl sites for hydroxylation is 1. The van der Waals surface area contributed by atoms with Crippen molar-refractivity contribution in [2.24, 2.45) is 0 Å². The highest BCUT2D eigenvalue weighted by molar-refractivity contribution is 7.89. The first kappa shape index (κ1) is 14.8. The summed E-state index contributed by atoms with van der Waals surface area (Å²) in [4.78, 5) is 0. The molecule has 2 aromatic heterocycles. The minimum atomic E-state index is -3.67. The van der Waals surface area contributed by atoms with Gasteiger partial charge in [-0.1, -0.05) is 6.92 Å². The van der Waals surface area contributed by atoms with Crippen LogP contribution >= 0.6 is 0 Å². The summed E-state index contributed by atoms with van der Waals surface area (Å²) < 4.78 is 32.1. The third-order valence-electron chi connectivity index (χ3n) is 2.86. The quantitative estimate of drug-likeness (QED) is 0.705. The molecular formula is C12H18N4O3S. The SMILES string of the molecule is CCNCc1c(S(=O)(=O)NCc2ccco2)n[nH]c1C. The molecule has 8 heteroatoms. The summed E-state index contributed by atoms with van der Waals surface area (Å²) >= 11 is 0. The zero-order valence-electron chi connectivity index (χ0n) is 11.4. The number of nitrogens with zero attached hydrogens (tertiary/aromatic N) is 1. The Balaban J connectivity index is 2.16. The van der Waals surface area contributed by atoms with E-state index in [0.717, 1.165) is 12.2 Å². The molecule has 2 rings (SSSR count). The van der Waals surface area contributed by atoms with Gasteiger partial charge >= 0.3 is 0 Å². The predicted molar refractivity (Wildman–Crippen MR) is 73.4 cm³/mol. The molecule has 0 fully saturated rings. The number of sulfonamides is 1. The Morgan fingerprint density at radius 3 is 2.85 bits per heavy atom. The Bertz CT molecular complexity index is 646. The topological polar surface area (TPSA) is 100 Å². The molecule has 2 heterocycles. The molecule has 0 saturated carbocycles. The first-order valence-corrected chi connectivity index (χ1v) is 7.79. The minimum absolute atomic E-state index is 0.0301. The molecule has 0 aliphatic heterocycles. The lowest BCUT2D eigenvalue weighted by Gasteiger charge is -2.06. The van der Waals surface area contributed by atoms with Crippen molar-refractivity contribution in [3.63, 3.8) is 0 Å². The summed E-state index contributed by atoms with van der Waals surface area (Å²) in [5, 5.41) is 9.74. The van der Waals surface area contributed by atoms with Crippen molar-refractivity contribution in [2.45, 2.75) is 32.0 Å². The van der Waals surface area contributed by atoms with Crippen molar-refractivity contribution < 1.29 is 12.8 Å². The maximum absolute atomic E-state index is 12.3. The van der Waals surface area contributed by atoms with E-state index in [9.17, 15) is 8.42 Å². The largest absolute Gasteiger partial charge is 0.468 e. The number of aromatic nitrogens is 2. The van der Waals surface area contributed by atoms with Gasteiger partial charge in [0.2, 0.25) is 0 Å². The van der Waals surface area contributed by atoms with Crippen LogP contribution in [0.1, 0.15) is 23.9 Å². The van der Waals surface area contributed by atoms with Crippen molar-refractivity contribution in [2.75, 3.05) is 6.54 Å². The second-order valence-corrected chi connectivity index (χ2v) is 6.00. The average Bonchev–Trinajstić information content (AvgIpc) is 3.04. The molecule has 2 aromatic rings. The van der Waals surface area contributed by atoms with Gasteiger partial charge in [0.1, 0.15) is 5.76 Å². The van der Waals surface area contributed by atoms with E-state index in [1.807, 2.05) is 6.92 Å². The van der Waals surface area contributed by atoms with Gasteiger partial charge in [0, 0.05) is 17.8 Å². The van der Waals surface area contributed by atoms with E-state index in [1.165, 1.54) is 6.26 Å². The third-order valence-corrected chi connectivity index (χ3v) is 4.23. The van der Waals surface area contributed by atoms with Crippen LogP contribution in [-0.2, 0) is 23.1 Å². The van der Waals surface area contributed by atoms with Crippen LogP contribution in [0.4, 0.5) is 0 Å². The number of hydrogen-bond acceptors (Lipinski definition) is 5. The fourth-order valence-electron chi connectivity index (χ4n) is 1.76. The molecule has 0 aliphatic carbocycles. The molecule has 0 atom stereocenters. The summed E-state index contributed by atoms with van der Waals surface area (Å²) in [6.07, 6.45) is 1.50. The molecule has 3 N–H and O–H groups in total. The molecule has 7 nitrogen and oxygen atoms in total. The lowest BCUT2D eigenvalue weighted by molar-refractivity contribution is 0.498. The Morgan fingerprint density at radius 2 is 2.20 bits per heavy atom. The van der Waals surface area contributed by atoms with Gasteiger partial charge in [-0.2, -0.15) is 5.10 Å². The average molecular weight is 298 g/mol. The van der Waals surface area contributed by atoms with Crippen molar-refractivity contribution in [3.05, 3.63) is 35.4 Å². The normalized spacial score (nSPS) is 11.9. The van der Waals surface area contributed by atoms with Crippen LogP contribution in [0.25, 0.3) is 0 Å². The molecule has 0 bridgehead atoms. The number of aromatic amines is 1. The van der Waals surface area contributed by atoms with Crippen LogP contribution in [0.2, 0.25) is 0 Å². The first-order chi connectivity index (χ1) is 9.54. The molecular weight excluding hydrogens is 280 g/mol. The fraction of sp³-hybridized carbons (Fsp3) is 0.417. The number of hydrogen-bond donors (Lipinski definition) is 3. The lowest BCUT2D eigenvalue weighted by atomic mass is 10.2. The molecule has 0 unspecified atom stereocenters. The summed E-state index contributed by atoms with van der Waals surface area (Å²) in [5.41, 5.74) is 1.39. The Hall–Kier alpha value is -1.64. The van der Waals surface area contributed by atoms with Gasteiger partial charge in [-0.25, -0.2) is 13.1 Å². The highest BCUT2D eigenvalue weighted by Crippen LogP contribution is 2.16. The van der Waals surface area contributed by atoms with E-state index in [4.69, 9.17) is 4.42 Å². The van der Waals surface area contributed by atoms with Crippen LogP contribution in [0.3, 0.4) is 0 Å². The standard InChI is InChI=1S/C12H18N4O3S/c1-3-13-8-11-9(2)15-16-12(11)20(17,18)14-7-10-5-4-6-19-10/h4-6,13-14H,3,7-8H2,1-2H3,(H,15,16). The molecule has 110 valence electrons. The van der Waals surface area contributed by atoms with Crippen LogP contribution in [0.5, 0.6) is 0 Å². The van der Waals surface area contributed by atoms with Gasteiger partial charge in [-0.05, 0) is 25.6 Å². The monoisotopic (exact) mass is 298 g/mol. The van der Waals surface area contributed by atoms with Gasteiger partial charge < -0.3 is 9.73 Å². The number of rotatable bonds is 7. The first-order valence-electron chi connectivity index (χ1n) is 6.31. The van der Waals surface area contributed by atoms with Crippen molar-refractivity contribution in [1.82, 2.24) is 20.2 Å².